The molecule has 1 N–H and O–H groups in total. The summed E-state index contributed by atoms with van der Waals surface area (Å²) in [5.74, 6) is 1.22. The number of carbonyl (C=O) groups excluding carboxylic acids is 2. The lowest BCUT2D eigenvalue weighted by Crippen LogP contribution is -2.40. The van der Waals surface area contributed by atoms with Gasteiger partial charge in [-0.25, -0.2) is 0 Å². The van der Waals surface area contributed by atoms with Crippen LogP contribution in [0.1, 0.15) is 12.7 Å². The van der Waals surface area contributed by atoms with Crippen molar-refractivity contribution in [2.24, 2.45) is 0 Å². The highest BCUT2D eigenvalue weighted by Crippen LogP contribution is 2.18. The van der Waals surface area contributed by atoms with Gasteiger partial charge in [0.1, 0.15) is 23.8 Å². The molecule has 0 saturated carbocycles. The van der Waals surface area contributed by atoms with E-state index in [0.29, 0.717) is 23.8 Å². The van der Waals surface area contributed by atoms with Crippen molar-refractivity contribution in [1.82, 2.24) is 4.90 Å². The first-order chi connectivity index (χ1) is 14.6. The minimum absolute atomic E-state index is 0.124. The molecule has 2 aromatic carbocycles. The zero-order chi connectivity index (χ0) is 21.2. The van der Waals surface area contributed by atoms with Gasteiger partial charge in [-0.1, -0.05) is 18.2 Å². The Balaban J connectivity index is 1.60. The molecule has 7 heteroatoms. The Morgan fingerprint density at radius 3 is 2.27 bits per heavy atom. The number of amides is 2. The first-order valence-electron chi connectivity index (χ1n) is 9.64. The van der Waals surface area contributed by atoms with Crippen LogP contribution < -0.4 is 14.8 Å². The number of nitrogens with zero attached hydrogens (tertiary/aromatic N) is 1. The van der Waals surface area contributed by atoms with Crippen molar-refractivity contribution in [1.29, 1.82) is 0 Å². The second kappa shape index (κ2) is 10.7. The van der Waals surface area contributed by atoms with Crippen LogP contribution in [0.25, 0.3) is 0 Å². The van der Waals surface area contributed by atoms with Gasteiger partial charge in [0.05, 0.1) is 19.4 Å². The number of para-hydroxylation sites is 1. The van der Waals surface area contributed by atoms with Crippen molar-refractivity contribution in [3.05, 3.63) is 78.8 Å². The predicted octanol–water partition coefficient (Wildman–Crippen LogP) is 3.72. The number of hydrogen-bond donors (Lipinski definition) is 1. The Labute approximate surface area is 175 Å². The van der Waals surface area contributed by atoms with Crippen molar-refractivity contribution in [2.75, 3.05) is 25.1 Å². The number of furan rings is 1. The van der Waals surface area contributed by atoms with E-state index >= 15 is 0 Å². The number of nitrogens with one attached hydrogen (secondary N) is 1. The maximum absolute atomic E-state index is 12.8. The maximum atomic E-state index is 12.8. The highest BCUT2D eigenvalue weighted by molar-refractivity contribution is 5.94. The van der Waals surface area contributed by atoms with Crippen LogP contribution in [0.4, 0.5) is 5.69 Å². The lowest BCUT2D eigenvalue weighted by molar-refractivity contribution is -0.137. The van der Waals surface area contributed by atoms with Gasteiger partial charge in [-0.2, -0.15) is 0 Å². The van der Waals surface area contributed by atoms with Crippen molar-refractivity contribution in [3.8, 4) is 11.5 Å². The van der Waals surface area contributed by atoms with E-state index in [9.17, 15) is 9.59 Å². The summed E-state index contributed by atoms with van der Waals surface area (Å²) in [6.07, 6.45) is 1.53. The average Bonchev–Trinajstić information content (AvgIpc) is 3.26. The topological polar surface area (TPSA) is 81.0 Å². The van der Waals surface area contributed by atoms with Gasteiger partial charge in [-0.3, -0.25) is 9.59 Å². The zero-order valence-corrected chi connectivity index (χ0v) is 16.7. The maximum Gasteiger partial charge on any atom is 0.261 e. The summed E-state index contributed by atoms with van der Waals surface area (Å²) >= 11 is 0. The Morgan fingerprint density at radius 1 is 0.933 bits per heavy atom. The van der Waals surface area contributed by atoms with Gasteiger partial charge in [-0.05, 0) is 55.5 Å². The summed E-state index contributed by atoms with van der Waals surface area (Å²) in [5, 5.41) is 2.78. The van der Waals surface area contributed by atoms with Crippen LogP contribution >= 0.6 is 0 Å². The van der Waals surface area contributed by atoms with Gasteiger partial charge in [0, 0.05) is 5.69 Å². The third kappa shape index (κ3) is 6.41. The second-order valence-corrected chi connectivity index (χ2v) is 6.44. The van der Waals surface area contributed by atoms with Crippen LogP contribution in [0, 0.1) is 0 Å². The Morgan fingerprint density at radius 2 is 1.63 bits per heavy atom. The Bertz CT molecular complexity index is 924. The third-order valence-electron chi connectivity index (χ3n) is 4.17. The molecule has 0 atom stereocenters. The normalized spacial score (nSPS) is 10.3. The summed E-state index contributed by atoms with van der Waals surface area (Å²) in [7, 11) is 0. The van der Waals surface area contributed by atoms with Gasteiger partial charge < -0.3 is 24.1 Å². The number of ether oxygens (including phenoxy) is 2. The summed E-state index contributed by atoms with van der Waals surface area (Å²) in [5.41, 5.74) is 0.665. The van der Waals surface area contributed by atoms with Gasteiger partial charge in [0.15, 0.2) is 6.61 Å². The molecular weight excluding hydrogens is 384 g/mol. The van der Waals surface area contributed by atoms with Crippen LogP contribution in [0.5, 0.6) is 11.5 Å². The molecule has 0 aliphatic heterocycles. The number of benzene rings is 2. The summed E-state index contributed by atoms with van der Waals surface area (Å²) < 4.78 is 16.3. The Hall–Kier alpha value is -3.74. The van der Waals surface area contributed by atoms with E-state index in [2.05, 4.69) is 5.32 Å². The molecule has 3 rings (SSSR count). The summed E-state index contributed by atoms with van der Waals surface area (Å²) in [6.45, 7) is 2.32. The fourth-order valence-electron chi connectivity index (χ4n) is 2.75. The van der Waals surface area contributed by atoms with E-state index in [1.54, 1.807) is 48.5 Å². The van der Waals surface area contributed by atoms with Gasteiger partial charge in [-0.15, -0.1) is 0 Å². The molecule has 0 unspecified atom stereocenters. The molecule has 0 spiro atoms. The first kappa shape index (κ1) is 21.0. The third-order valence-corrected chi connectivity index (χ3v) is 4.17. The molecule has 0 bridgehead atoms. The van der Waals surface area contributed by atoms with E-state index in [1.165, 1.54) is 11.2 Å². The van der Waals surface area contributed by atoms with Gasteiger partial charge in [0.2, 0.25) is 5.91 Å². The molecular formula is C23H24N2O5. The van der Waals surface area contributed by atoms with E-state index in [4.69, 9.17) is 13.9 Å². The smallest absolute Gasteiger partial charge is 0.261 e. The predicted molar refractivity (Wildman–Crippen MR) is 112 cm³/mol. The number of rotatable bonds is 10. The lowest BCUT2D eigenvalue weighted by atomic mass is 10.3. The van der Waals surface area contributed by atoms with E-state index < -0.39 is 0 Å². The largest absolute Gasteiger partial charge is 0.494 e. The zero-order valence-electron chi connectivity index (χ0n) is 16.7. The second-order valence-electron chi connectivity index (χ2n) is 6.44. The minimum Gasteiger partial charge on any atom is -0.494 e. The molecule has 0 saturated heterocycles. The van der Waals surface area contributed by atoms with Gasteiger partial charge in [0.25, 0.3) is 5.91 Å². The highest BCUT2D eigenvalue weighted by atomic mass is 16.5. The van der Waals surface area contributed by atoms with Crippen molar-refractivity contribution < 1.29 is 23.5 Å². The molecule has 7 nitrogen and oxygen atoms in total. The van der Waals surface area contributed by atoms with Crippen molar-refractivity contribution in [3.63, 3.8) is 0 Å². The van der Waals surface area contributed by atoms with E-state index in [-0.39, 0.29) is 31.5 Å². The molecule has 0 aliphatic rings. The lowest BCUT2D eigenvalue weighted by Gasteiger charge is -2.21. The first-order valence-corrected chi connectivity index (χ1v) is 9.64. The Kier molecular flexibility index (Phi) is 7.49. The molecule has 1 heterocycles. The summed E-state index contributed by atoms with van der Waals surface area (Å²) in [4.78, 5) is 26.6. The number of anilines is 1. The van der Waals surface area contributed by atoms with E-state index in [0.717, 1.165) is 5.75 Å². The summed E-state index contributed by atoms with van der Waals surface area (Å²) in [6, 6.07) is 19.6. The number of hydrogen-bond acceptors (Lipinski definition) is 5. The molecule has 1 aromatic heterocycles. The van der Waals surface area contributed by atoms with Crippen LogP contribution in [0.2, 0.25) is 0 Å². The average molecular weight is 408 g/mol. The van der Waals surface area contributed by atoms with Crippen molar-refractivity contribution >= 4 is 17.5 Å². The molecule has 0 radical (unpaired) electrons. The van der Waals surface area contributed by atoms with Gasteiger partial charge >= 0.3 is 0 Å². The van der Waals surface area contributed by atoms with E-state index in [1.807, 2.05) is 25.1 Å². The molecule has 30 heavy (non-hydrogen) atoms. The monoisotopic (exact) mass is 408 g/mol. The molecule has 0 aliphatic carbocycles. The molecule has 156 valence electrons. The molecule has 0 fully saturated rings. The molecule has 3 aromatic rings. The standard InChI is InChI=1S/C23H24N2O5/c1-2-28-19-10-12-20(13-11-19)30-17-23(27)25(15-21-9-6-14-29-21)16-22(26)24-18-7-4-3-5-8-18/h3-14H,2,15-17H2,1H3,(H,24,26). The minimum atomic E-state index is -0.330. The highest BCUT2D eigenvalue weighted by Gasteiger charge is 2.19. The fraction of sp³-hybridized carbons (Fsp3) is 0.217. The van der Waals surface area contributed by atoms with Crippen molar-refractivity contribution in [2.45, 2.75) is 13.5 Å². The van der Waals surface area contributed by atoms with Crippen LogP contribution in [0.15, 0.2) is 77.4 Å². The SMILES string of the molecule is CCOc1ccc(OCC(=O)N(CC(=O)Nc2ccccc2)Cc2ccco2)cc1. The molecule has 2 amide bonds. The van der Waals surface area contributed by atoms with Crippen LogP contribution in [0.3, 0.4) is 0 Å². The quantitative estimate of drug-likeness (QED) is 0.553. The fourth-order valence-corrected chi connectivity index (χ4v) is 2.75. The van der Waals surface area contributed by atoms with Crippen LogP contribution in [-0.4, -0.2) is 36.5 Å². The van der Waals surface area contributed by atoms with Crippen LogP contribution in [-0.2, 0) is 16.1 Å². The number of carbonyl (C=O) groups is 2.